The molecule has 2 heterocycles. The van der Waals surface area contributed by atoms with Gasteiger partial charge in [0.1, 0.15) is 0 Å². The summed E-state index contributed by atoms with van der Waals surface area (Å²) in [6.07, 6.45) is 8.81. The molecule has 0 aliphatic rings. The third kappa shape index (κ3) is 13.4. The van der Waals surface area contributed by atoms with Crippen LogP contribution in [-0.2, 0) is 23.7 Å². The Kier molecular flexibility index (Phi) is 10.1. The Labute approximate surface area is 126 Å². The van der Waals surface area contributed by atoms with E-state index in [1.165, 1.54) is 12.7 Å². The van der Waals surface area contributed by atoms with Crippen molar-refractivity contribution in [1.82, 2.24) is 19.9 Å². The lowest BCUT2D eigenvalue weighted by atomic mass is 10.3. The lowest BCUT2D eigenvalue weighted by Gasteiger charge is -2.00. The van der Waals surface area contributed by atoms with Crippen LogP contribution in [0.5, 0.6) is 0 Å². The molecular formula is C12H16N6O4. The predicted molar refractivity (Wildman–Crippen MR) is 65.7 cm³/mol. The van der Waals surface area contributed by atoms with Crippen LogP contribution in [0.1, 0.15) is 12.8 Å². The number of carbonyl (C=O) groups excluding carboxylic acids is 2. The van der Waals surface area contributed by atoms with Gasteiger partial charge >= 0.3 is 0 Å². The number of aliphatic carboxylic acids is 2. The van der Waals surface area contributed by atoms with Gasteiger partial charge in [-0.1, -0.05) is 19.9 Å². The van der Waals surface area contributed by atoms with Gasteiger partial charge in [0.25, 0.3) is 12.7 Å². The van der Waals surface area contributed by atoms with Crippen LogP contribution in [0.3, 0.4) is 0 Å². The van der Waals surface area contributed by atoms with E-state index in [0.29, 0.717) is 0 Å². The van der Waals surface area contributed by atoms with Crippen molar-refractivity contribution in [2.45, 2.75) is 12.8 Å². The van der Waals surface area contributed by atoms with Crippen LogP contribution in [-0.4, -0.2) is 31.9 Å². The van der Waals surface area contributed by atoms with E-state index < -0.39 is 24.8 Å². The Morgan fingerprint density at radius 2 is 1.05 bits per heavy atom. The molecule has 0 amide bonds. The minimum absolute atomic E-state index is 0.470. The maximum absolute atomic E-state index is 9.50. The standard InChI is InChI=1S/2C4H6N3.C4H6O4/c2*1-7-3-5-2-6-4-7;5-3(6)1-2-4(7)8/h2*2-4H,1H3;1-2H2,(H,5,6)(H,7,8)/q2*+1;/p-2. The Balaban J connectivity index is 0.000000301. The van der Waals surface area contributed by atoms with Crippen molar-refractivity contribution in [3.63, 3.8) is 0 Å². The fourth-order valence-electron chi connectivity index (χ4n) is 0.881. The van der Waals surface area contributed by atoms with Crippen LogP contribution in [0.2, 0.25) is 0 Å². The monoisotopic (exact) mass is 308 g/mol. The third-order valence-electron chi connectivity index (χ3n) is 1.80. The molecule has 10 nitrogen and oxygen atoms in total. The smallest absolute Gasteiger partial charge is 0.263 e. The lowest BCUT2D eigenvalue weighted by Crippen LogP contribution is -2.27. The van der Waals surface area contributed by atoms with E-state index in [-0.39, 0.29) is 0 Å². The first kappa shape index (κ1) is 19.0. The first-order chi connectivity index (χ1) is 10.4. The number of nitrogens with zero attached hydrogens (tertiary/aromatic N) is 6. The summed E-state index contributed by atoms with van der Waals surface area (Å²) in [4.78, 5) is 33.9. The molecule has 0 radical (unpaired) electrons. The zero-order chi connectivity index (χ0) is 16.8. The van der Waals surface area contributed by atoms with Crippen molar-refractivity contribution in [3.05, 3.63) is 38.0 Å². The fourth-order valence-corrected chi connectivity index (χ4v) is 0.881. The summed E-state index contributed by atoms with van der Waals surface area (Å²) in [7, 11) is 3.75. The van der Waals surface area contributed by atoms with Gasteiger partial charge in [0.15, 0.2) is 0 Å². The highest BCUT2D eigenvalue weighted by atomic mass is 16.4. The minimum atomic E-state index is -1.37. The molecule has 0 saturated heterocycles. The molecule has 22 heavy (non-hydrogen) atoms. The molecule has 0 spiro atoms. The molecule has 0 aliphatic heterocycles. The summed E-state index contributed by atoms with van der Waals surface area (Å²) in [5, 5.41) is 19.0. The van der Waals surface area contributed by atoms with E-state index in [1.54, 1.807) is 34.4 Å². The highest BCUT2D eigenvalue weighted by molar-refractivity contribution is 5.72. The van der Waals surface area contributed by atoms with Gasteiger partial charge in [-0.05, 0) is 12.8 Å². The summed E-state index contributed by atoms with van der Waals surface area (Å²) in [5.41, 5.74) is 0. The summed E-state index contributed by atoms with van der Waals surface area (Å²) in [5.74, 6) is -2.73. The molecule has 0 saturated carbocycles. The van der Waals surface area contributed by atoms with E-state index >= 15 is 0 Å². The van der Waals surface area contributed by atoms with Crippen molar-refractivity contribution in [2.75, 3.05) is 0 Å². The van der Waals surface area contributed by atoms with Gasteiger partial charge in [0.05, 0.1) is 14.1 Å². The average molecular weight is 308 g/mol. The largest absolute Gasteiger partial charge is 0.550 e. The first-order valence-electron chi connectivity index (χ1n) is 6.02. The van der Waals surface area contributed by atoms with Crippen LogP contribution in [0.15, 0.2) is 38.0 Å². The molecule has 0 aliphatic carbocycles. The number of aromatic nitrogens is 6. The van der Waals surface area contributed by atoms with Crippen molar-refractivity contribution in [2.24, 2.45) is 14.1 Å². The molecule has 2 aromatic rings. The molecule has 0 bridgehead atoms. The third-order valence-corrected chi connectivity index (χ3v) is 1.80. The van der Waals surface area contributed by atoms with Crippen LogP contribution in [0, 0.1) is 0 Å². The Morgan fingerprint density at radius 3 is 1.18 bits per heavy atom. The van der Waals surface area contributed by atoms with Crippen molar-refractivity contribution >= 4 is 11.9 Å². The van der Waals surface area contributed by atoms with Crippen LogP contribution >= 0.6 is 0 Å². The number of carboxylic acid groups (broad SMARTS) is 2. The zero-order valence-corrected chi connectivity index (χ0v) is 12.2. The van der Waals surface area contributed by atoms with Crippen molar-refractivity contribution in [1.29, 1.82) is 0 Å². The number of hydrogen-bond acceptors (Lipinski definition) is 8. The van der Waals surface area contributed by atoms with Gasteiger partial charge in [-0.25, -0.2) is 9.13 Å². The average Bonchev–Trinajstić information content (AvgIpc) is 2.48. The maximum atomic E-state index is 9.50. The van der Waals surface area contributed by atoms with E-state index in [4.69, 9.17) is 0 Å². The second-order valence-electron chi connectivity index (χ2n) is 3.86. The minimum Gasteiger partial charge on any atom is -0.550 e. The summed E-state index contributed by atoms with van der Waals surface area (Å²) >= 11 is 0. The second kappa shape index (κ2) is 11.8. The van der Waals surface area contributed by atoms with Gasteiger partial charge in [-0.15, -0.1) is 0 Å². The molecule has 10 heteroatoms. The second-order valence-corrected chi connectivity index (χ2v) is 3.86. The molecule has 2 aromatic heterocycles. The number of rotatable bonds is 3. The number of hydrogen-bond donors (Lipinski definition) is 0. The van der Waals surface area contributed by atoms with Gasteiger partial charge < -0.3 is 19.8 Å². The molecule has 0 atom stereocenters. The lowest BCUT2D eigenvalue weighted by molar-refractivity contribution is -0.677. The van der Waals surface area contributed by atoms with Gasteiger partial charge in [-0.2, -0.15) is 0 Å². The molecule has 2 rings (SSSR count). The first-order valence-corrected chi connectivity index (χ1v) is 6.02. The van der Waals surface area contributed by atoms with Gasteiger partial charge in [-0.3, -0.25) is 0 Å². The molecular weight excluding hydrogens is 292 g/mol. The van der Waals surface area contributed by atoms with Crippen LogP contribution in [0.4, 0.5) is 0 Å². The Morgan fingerprint density at radius 1 is 0.773 bits per heavy atom. The van der Waals surface area contributed by atoms with Gasteiger partial charge in [0, 0.05) is 11.9 Å². The zero-order valence-electron chi connectivity index (χ0n) is 12.2. The van der Waals surface area contributed by atoms with Crippen LogP contribution in [0.25, 0.3) is 0 Å². The summed E-state index contributed by atoms with van der Waals surface area (Å²) < 4.78 is 3.56. The van der Waals surface area contributed by atoms with Crippen molar-refractivity contribution < 1.29 is 28.9 Å². The van der Waals surface area contributed by atoms with Crippen molar-refractivity contribution in [3.8, 4) is 0 Å². The quantitative estimate of drug-likeness (QED) is 0.521. The Bertz CT molecular complexity index is 501. The number of aryl methyl sites for hydroxylation is 2. The number of carbonyl (C=O) groups is 2. The van der Waals surface area contributed by atoms with E-state index in [0.717, 1.165) is 0 Å². The molecule has 118 valence electrons. The molecule has 0 fully saturated rings. The van der Waals surface area contributed by atoms with Crippen LogP contribution < -0.4 is 19.3 Å². The van der Waals surface area contributed by atoms with E-state index in [2.05, 4.69) is 19.9 Å². The summed E-state index contributed by atoms with van der Waals surface area (Å²) in [6, 6.07) is 0. The van der Waals surface area contributed by atoms with E-state index in [9.17, 15) is 19.8 Å². The Hall–Kier alpha value is -3.04. The highest BCUT2D eigenvalue weighted by Crippen LogP contribution is 1.81. The predicted octanol–water partition coefficient (Wildman–Crippen LogP) is -4.13. The van der Waals surface area contributed by atoms with Gasteiger partial charge in [0.2, 0.25) is 25.3 Å². The SMILES string of the molecule is C[n+]1cncnc1.C[n+]1cncnc1.O=C([O-])CCC(=O)[O-]. The normalized spacial score (nSPS) is 8.64. The maximum Gasteiger partial charge on any atom is 0.263 e. The molecule has 0 unspecified atom stereocenters. The summed E-state index contributed by atoms with van der Waals surface area (Å²) in [6.45, 7) is 0. The molecule has 0 aromatic carbocycles. The fraction of sp³-hybridized carbons (Fsp3) is 0.333. The molecule has 0 N–H and O–H groups in total. The van der Waals surface area contributed by atoms with E-state index in [1.807, 2.05) is 14.1 Å². The topological polar surface area (TPSA) is 140 Å². The number of carboxylic acids is 2. The highest BCUT2D eigenvalue weighted by Gasteiger charge is 1.85.